The molecule has 1 aliphatic rings. The second-order valence-corrected chi connectivity index (χ2v) is 19.1. The van der Waals surface area contributed by atoms with Crippen molar-refractivity contribution in [2.24, 2.45) is 10.8 Å². The number of amides is 3. The summed E-state index contributed by atoms with van der Waals surface area (Å²) in [7, 11) is 2.83. The van der Waals surface area contributed by atoms with Crippen LogP contribution in [-0.4, -0.2) is 115 Å². The van der Waals surface area contributed by atoms with E-state index in [1.54, 1.807) is 23.5 Å². The first-order valence-electron chi connectivity index (χ1n) is 17.4. The Bertz CT molecular complexity index is 1170. The average Bonchev–Trinajstić information content (AvgIpc) is 2.94. The number of nitrogens with one attached hydrogen (secondary N) is 4. The second-order valence-electron chi connectivity index (χ2n) is 16.5. The Balaban J connectivity index is 2.82. The van der Waals surface area contributed by atoms with Gasteiger partial charge in [0.15, 0.2) is 15.7 Å². The Morgan fingerprint density at radius 3 is 1.63 bits per heavy atom. The molecule has 49 heavy (non-hydrogen) atoms. The van der Waals surface area contributed by atoms with Gasteiger partial charge in [-0.25, -0.2) is 0 Å². The fourth-order valence-electron chi connectivity index (χ4n) is 4.73. The van der Waals surface area contributed by atoms with Crippen molar-refractivity contribution in [3.8, 4) is 0 Å². The van der Waals surface area contributed by atoms with Crippen molar-refractivity contribution in [3.63, 3.8) is 0 Å². The van der Waals surface area contributed by atoms with E-state index >= 15 is 0 Å². The molecular weight excluding hydrogens is 662 g/mol. The van der Waals surface area contributed by atoms with Gasteiger partial charge in [-0.1, -0.05) is 34.6 Å². The third-order valence-electron chi connectivity index (χ3n) is 8.30. The van der Waals surface area contributed by atoms with Crippen molar-refractivity contribution in [1.82, 2.24) is 21.3 Å². The highest BCUT2D eigenvalue weighted by atomic mass is 32.2. The van der Waals surface area contributed by atoms with Crippen LogP contribution in [0.2, 0.25) is 0 Å². The first kappa shape index (κ1) is 45.2. The van der Waals surface area contributed by atoms with Gasteiger partial charge in [0.1, 0.15) is 23.2 Å². The monoisotopic (exact) mass is 724 g/mol. The van der Waals surface area contributed by atoms with E-state index in [9.17, 15) is 28.8 Å². The summed E-state index contributed by atoms with van der Waals surface area (Å²) < 4.78 is 6.11. The Hall–Kier alpha value is -1.83. The third kappa shape index (κ3) is 18.3. The quantitative estimate of drug-likeness (QED) is 0.120. The number of Topliss-reactive ketones (excluding diaryl/α,β-unsaturated/α-hetero) is 1. The summed E-state index contributed by atoms with van der Waals surface area (Å²) in [5.74, 6) is 0.139. The Morgan fingerprint density at radius 2 is 1.20 bits per heavy atom. The number of thioether (sulfide) groups is 2. The van der Waals surface area contributed by atoms with E-state index in [0.29, 0.717) is 37.4 Å². The van der Waals surface area contributed by atoms with Crippen molar-refractivity contribution in [2.45, 2.75) is 135 Å². The molecule has 1 aliphatic carbocycles. The lowest BCUT2D eigenvalue weighted by molar-refractivity contribution is -0.135. The molecule has 0 aromatic heterocycles. The molecule has 1 saturated carbocycles. The minimum atomic E-state index is -0.839. The van der Waals surface area contributed by atoms with Gasteiger partial charge in [0, 0.05) is 51.4 Å². The van der Waals surface area contributed by atoms with E-state index in [4.69, 9.17) is 4.74 Å². The molecule has 0 heterocycles. The van der Waals surface area contributed by atoms with Crippen LogP contribution in [0.25, 0.3) is 0 Å². The van der Waals surface area contributed by atoms with Crippen LogP contribution >= 0.6 is 23.5 Å². The highest BCUT2D eigenvalue weighted by Gasteiger charge is 2.37. The van der Waals surface area contributed by atoms with Crippen LogP contribution in [0.5, 0.6) is 0 Å². The molecule has 0 aromatic rings. The zero-order valence-corrected chi connectivity index (χ0v) is 33.7. The molecule has 0 spiro atoms. The summed E-state index contributed by atoms with van der Waals surface area (Å²) in [5.41, 5.74) is -2.36. The Kier molecular flexibility index (Phi) is 18.2. The standard InChI is InChI=1S/C34H62B2N4O7S2/c1-31(2,3)25(41)13-14-34(9,10)47-16-15-33(7,8)30(46)39-21(28(44)37-17-26(35)42)19-48-23-11-12-24(23)49-20-22(40-32(4,5)6)29(45)38-18-27(36)43/h21-24,40H,11-20,35-36H2,1-10H3,(H,37,44)(H,38,45)(H,39,46). The number of rotatable bonds is 22. The van der Waals surface area contributed by atoms with Gasteiger partial charge in [0.2, 0.25) is 17.7 Å². The number of carbonyl (C=O) groups excluding carboxylic acids is 6. The molecule has 0 bridgehead atoms. The molecule has 4 unspecified atom stereocenters. The third-order valence-corrected chi connectivity index (χ3v) is 11.5. The van der Waals surface area contributed by atoms with E-state index < -0.39 is 34.4 Å². The molecule has 0 saturated heterocycles. The number of hydrogen-bond donors (Lipinski definition) is 4. The molecular formula is C34H62B2N4O7S2. The average molecular weight is 725 g/mol. The molecule has 4 atom stereocenters. The van der Waals surface area contributed by atoms with Crippen LogP contribution in [0.3, 0.4) is 0 Å². The lowest BCUT2D eigenvalue weighted by Gasteiger charge is -2.38. The summed E-state index contributed by atoms with van der Waals surface area (Å²) in [4.78, 5) is 74.9. The fourth-order valence-corrected chi connectivity index (χ4v) is 7.86. The Morgan fingerprint density at radius 1 is 0.735 bits per heavy atom. The fraction of sp³-hybridized carbons (Fsp3) is 0.824. The molecule has 0 aliphatic heterocycles. The molecule has 11 nitrogen and oxygen atoms in total. The van der Waals surface area contributed by atoms with Crippen molar-refractivity contribution in [3.05, 3.63) is 0 Å². The molecule has 0 radical (unpaired) electrons. The molecule has 278 valence electrons. The predicted octanol–water partition coefficient (Wildman–Crippen LogP) is 1.38. The van der Waals surface area contributed by atoms with Crippen LogP contribution in [-0.2, 0) is 33.5 Å². The van der Waals surface area contributed by atoms with Gasteiger partial charge in [0.05, 0.1) is 24.7 Å². The maximum atomic E-state index is 13.5. The number of hydrogen-bond acceptors (Lipinski definition) is 10. The predicted molar refractivity (Wildman–Crippen MR) is 206 cm³/mol. The molecule has 4 N–H and O–H groups in total. The van der Waals surface area contributed by atoms with Gasteiger partial charge in [-0.2, -0.15) is 23.5 Å². The van der Waals surface area contributed by atoms with E-state index in [-0.39, 0.29) is 58.1 Å². The minimum absolute atomic E-state index is 0.00578. The van der Waals surface area contributed by atoms with Gasteiger partial charge in [0.25, 0.3) is 0 Å². The number of ether oxygens (including phenoxy) is 1. The van der Waals surface area contributed by atoms with Crippen molar-refractivity contribution in [2.75, 3.05) is 31.2 Å². The van der Waals surface area contributed by atoms with Crippen molar-refractivity contribution >= 4 is 74.1 Å². The van der Waals surface area contributed by atoms with Gasteiger partial charge in [-0.15, -0.1) is 0 Å². The van der Waals surface area contributed by atoms with Crippen LogP contribution in [0.1, 0.15) is 101 Å². The first-order valence-corrected chi connectivity index (χ1v) is 19.5. The van der Waals surface area contributed by atoms with Crippen LogP contribution in [0, 0.1) is 10.8 Å². The zero-order chi connectivity index (χ0) is 37.8. The van der Waals surface area contributed by atoms with E-state index in [1.807, 2.05) is 69.2 Å². The lowest BCUT2D eigenvalue weighted by atomic mass is 9.86. The highest BCUT2D eigenvalue weighted by Crippen LogP contribution is 2.40. The zero-order valence-electron chi connectivity index (χ0n) is 32.1. The van der Waals surface area contributed by atoms with Gasteiger partial charge < -0.3 is 35.6 Å². The number of ketones is 1. The van der Waals surface area contributed by atoms with Crippen molar-refractivity contribution < 1.29 is 33.5 Å². The SMILES string of the molecule is BC(=O)CNC(=O)C(CSC1CCC1SCC(NC(C)(C)C)C(=O)NCC(B)=O)NC(=O)C(C)(C)CCOC(C)(C)CCC(=O)C(C)(C)C. The van der Waals surface area contributed by atoms with Crippen LogP contribution in [0.15, 0.2) is 0 Å². The normalized spacial score (nSPS) is 18.1. The molecule has 0 aromatic carbocycles. The maximum absolute atomic E-state index is 13.5. The summed E-state index contributed by atoms with van der Waals surface area (Å²) >= 11 is 3.31. The van der Waals surface area contributed by atoms with E-state index in [0.717, 1.165) is 12.8 Å². The first-order chi connectivity index (χ1) is 22.3. The van der Waals surface area contributed by atoms with E-state index in [2.05, 4.69) is 21.3 Å². The smallest absolute Gasteiger partial charge is 0.243 e. The Labute approximate surface area is 305 Å². The minimum Gasteiger partial charge on any atom is -0.376 e. The summed E-state index contributed by atoms with van der Waals surface area (Å²) in [5, 5.41) is 12.2. The maximum Gasteiger partial charge on any atom is 0.243 e. The lowest BCUT2D eigenvalue weighted by Crippen LogP contribution is -2.54. The van der Waals surface area contributed by atoms with Crippen molar-refractivity contribution in [1.29, 1.82) is 0 Å². The van der Waals surface area contributed by atoms with Gasteiger partial charge in [-0.05, 0) is 60.3 Å². The number of carbonyl (C=O) groups is 6. The summed E-state index contributed by atoms with van der Waals surface area (Å²) in [6, 6.07) is -1.31. The molecule has 3 amide bonds. The van der Waals surface area contributed by atoms with Gasteiger partial charge in [-0.3, -0.25) is 19.2 Å². The molecule has 1 fully saturated rings. The second kappa shape index (κ2) is 19.7. The molecule has 15 heteroatoms. The van der Waals surface area contributed by atoms with Crippen LogP contribution < -0.4 is 21.3 Å². The summed E-state index contributed by atoms with van der Waals surface area (Å²) in [6.07, 6.45) is 3.33. The highest BCUT2D eigenvalue weighted by molar-refractivity contribution is 8.04. The van der Waals surface area contributed by atoms with E-state index in [1.165, 1.54) is 15.7 Å². The summed E-state index contributed by atoms with van der Waals surface area (Å²) in [6.45, 7) is 19.4. The largest absolute Gasteiger partial charge is 0.376 e. The molecule has 1 rings (SSSR count). The van der Waals surface area contributed by atoms with Gasteiger partial charge >= 0.3 is 0 Å². The topological polar surface area (TPSA) is 160 Å². The van der Waals surface area contributed by atoms with Crippen LogP contribution in [0.4, 0.5) is 0 Å².